The van der Waals surface area contributed by atoms with Gasteiger partial charge in [0.1, 0.15) is 0 Å². The second kappa shape index (κ2) is 5.14. The van der Waals surface area contributed by atoms with Crippen LogP contribution in [-0.2, 0) is 4.79 Å². The third-order valence-electron chi connectivity index (χ3n) is 2.53. The third-order valence-corrected chi connectivity index (χ3v) is 2.53. The van der Waals surface area contributed by atoms with E-state index in [1.165, 1.54) is 0 Å². The number of nitrogens with zero attached hydrogens (tertiary/aromatic N) is 2. The zero-order valence-electron chi connectivity index (χ0n) is 9.65. The fraction of sp³-hybridized carbons (Fsp3) is 0. The monoisotopic (exact) mass is 240 g/mol. The molecule has 0 radical (unpaired) electrons. The van der Waals surface area contributed by atoms with Crippen LogP contribution in [0.4, 0.5) is 0 Å². The molecular weight excluding hydrogens is 228 g/mol. The second-order valence-electron chi connectivity index (χ2n) is 3.66. The van der Waals surface area contributed by atoms with E-state index < -0.39 is 5.97 Å². The number of carbonyl (C=O) groups is 1. The molecule has 0 unspecified atom stereocenters. The molecule has 0 saturated carbocycles. The lowest BCUT2D eigenvalue weighted by Gasteiger charge is -1.99. The maximum Gasteiger partial charge on any atom is 0.328 e. The maximum absolute atomic E-state index is 10.5. The highest BCUT2D eigenvalue weighted by Gasteiger charge is 2.02. The Morgan fingerprint density at radius 2 is 2.22 bits per heavy atom. The number of benzene rings is 1. The highest BCUT2D eigenvalue weighted by molar-refractivity contribution is 5.94. The topological polar surface area (TPSA) is 54.6 Å². The van der Waals surface area contributed by atoms with Crippen LogP contribution in [0.1, 0.15) is 5.56 Å². The molecule has 0 aliphatic carbocycles. The number of aliphatic carboxylic acids is 1. The van der Waals surface area contributed by atoms with Gasteiger partial charge in [0.25, 0.3) is 0 Å². The first-order chi connectivity index (χ1) is 8.72. The fourth-order valence-electron chi connectivity index (χ4n) is 1.77. The molecule has 0 aliphatic heterocycles. The summed E-state index contributed by atoms with van der Waals surface area (Å²) in [6.45, 7) is 3.38. The van der Waals surface area contributed by atoms with E-state index in [1.807, 2.05) is 35.0 Å². The van der Waals surface area contributed by atoms with Gasteiger partial charge in [-0.15, -0.1) is 0 Å². The Kier molecular flexibility index (Phi) is 3.38. The summed E-state index contributed by atoms with van der Waals surface area (Å²) in [6, 6.07) is 7.66. The first-order valence-corrected chi connectivity index (χ1v) is 5.35. The Labute approximate surface area is 104 Å². The predicted octanol–water partition coefficient (Wildman–Crippen LogP) is 2.87. The summed E-state index contributed by atoms with van der Waals surface area (Å²) in [5.74, 6) is -0.956. The van der Waals surface area contributed by atoms with Crippen molar-refractivity contribution in [2.24, 2.45) is 4.99 Å². The molecule has 0 amide bonds. The van der Waals surface area contributed by atoms with Crippen molar-refractivity contribution in [2.45, 2.75) is 0 Å². The van der Waals surface area contributed by atoms with Crippen LogP contribution in [0.2, 0.25) is 0 Å². The van der Waals surface area contributed by atoms with Crippen molar-refractivity contribution >= 4 is 35.9 Å². The molecule has 2 aromatic rings. The third kappa shape index (κ3) is 2.38. The van der Waals surface area contributed by atoms with Gasteiger partial charge in [-0.2, -0.15) is 0 Å². The van der Waals surface area contributed by atoms with Crippen molar-refractivity contribution in [3.63, 3.8) is 0 Å². The van der Waals surface area contributed by atoms with E-state index in [2.05, 4.69) is 11.7 Å². The Morgan fingerprint density at radius 1 is 1.39 bits per heavy atom. The number of carboxylic acids is 1. The molecule has 0 atom stereocenters. The smallest absolute Gasteiger partial charge is 0.328 e. The van der Waals surface area contributed by atoms with Crippen molar-refractivity contribution in [1.29, 1.82) is 0 Å². The van der Waals surface area contributed by atoms with Crippen LogP contribution < -0.4 is 0 Å². The van der Waals surface area contributed by atoms with Gasteiger partial charge < -0.3 is 9.67 Å². The van der Waals surface area contributed by atoms with Crippen LogP contribution in [0.25, 0.3) is 23.2 Å². The number of rotatable bonds is 4. The molecule has 90 valence electrons. The standard InChI is InChI=1S/C14H12N2O2/c1-15-8-10-16-9-7-12-11(5-6-14(17)18)3-2-4-13(12)16/h2-10H,1H2,(H,17,18)/b6-5+,10-8-. The molecule has 0 aliphatic rings. The van der Waals surface area contributed by atoms with Gasteiger partial charge in [-0.3, -0.25) is 4.99 Å². The molecule has 0 bridgehead atoms. The number of fused-ring (bicyclic) bond motifs is 1. The van der Waals surface area contributed by atoms with Gasteiger partial charge in [0.05, 0.1) is 5.52 Å². The number of aliphatic imine (C=N–C) groups is 1. The predicted molar refractivity (Wildman–Crippen MR) is 73.5 cm³/mol. The number of hydrogen-bond acceptors (Lipinski definition) is 2. The quantitative estimate of drug-likeness (QED) is 0.660. The van der Waals surface area contributed by atoms with Gasteiger partial charge in [0, 0.05) is 30.1 Å². The van der Waals surface area contributed by atoms with Crippen LogP contribution in [0.3, 0.4) is 0 Å². The SMILES string of the molecule is C=N/C=C\n1ccc2c(/C=C/C(=O)O)cccc21. The summed E-state index contributed by atoms with van der Waals surface area (Å²) in [5.41, 5.74) is 1.86. The van der Waals surface area contributed by atoms with Crippen molar-refractivity contribution in [1.82, 2.24) is 4.57 Å². The minimum Gasteiger partial charge on any atom is -0.478 e. The number of hydrogen-bond donors (Lipinski definition) is 1. The molecule has 18 heavy (non-hydrogen) atoms. The largest absolute Gasteiger partial charge is 0.478 e. The average molecular weight is 240 g/mol. The van der Waals surface area contributed by atoms with E-state index >= 15 is 0 Å². The first kappa shape index (κ1) is 11.9. The summed E-state index contributed by atoms with van der Waals surface area (Å²) in [5, 5.41) is 9.64. The van der Waals surface area contributed by atoms with E-state index in [9.17, 15) is 4.79 Å². The summed E-state index contributed by atoms with van der Waals surface area (Å²) in [6.07, 6.45) is 8.00. The summed E-state index contributed by atoms with van der Waals surface area (Å²) in [7, 11) is 0. The van der Waals surface area contributed by atoms with Crippen LogP contribution in [0.15, 0.2) is 47.7 Å². The van der Waals surface area contributed by atoms with Gasteiger partial charge >= 0.3 is 5.97 Å². The van der Waals surface area contributed by atoms with Crippen molar-refractivity contribution in [2.75, 3.05) is 0 Å². The molecule has 4 nitrogen and oxygen atoms in total. The van der Waals surface area contributed by atoms with E-state index in [4.69, 9.17) is 5.11 Å². The first-order valence-electron chi connectivity index (χ1n) is 5.35. The molecule has 0 saturated heterocycles. The van der Waals surface area contributed by atoms with Gasteiger partial charge in [-0.1, -0.05) is 12.1 Å². The second-order valence-corrected chi connectivity index (χ2v) is 3.66. The molecule has 4 heteroatoms. The number of aromatic nitrogens is 1. The highest BCUT2D eigenvalue weighted by Crippen LogP contribution is 2.21. The Hall–Kier alpha value is -2.62. The maximum atomic E-state index is 10.5. The van der Waals surface area contributed by atoms with Crippen LogP contribution in [-0.4, -0.2) is 22.4 Å². The Balaban J connectivity index is 2.51. The lowest BCUT2D eigenvalue weighted by Crippen LogP contribution is -1.86. The van der Waals surface area contributed by atoms with Gasteiger partial charge in [-0.25, -0.2) is 4.79 Å². The van der Waals surface area contributed by atoms with Crippen molar-refractivity contribution in [3.05, 3.63) is 48.3 Å². The van der Waals surface area contributed by atoms with Gasteiger partial charge in [0.2, 0.25) is 0 Å². The van der Waals surface area contributed by atoms with Gasteiger partial charge in [-0.05, 0) is 30.5 Å². The zero-order chi connectivity index (χ0) is 13.0. The highest BCUT2D eigenvalue weighted by atomic mass is 16.4. The minimum atomic E-state index is -0.956. The molecular formula is C14H12N2O2. The lowest BCUT2D eigenvalue weighted by atomic mass is 10.1. The van der Waals surface area contributed by atoms with Crippen LogP contribution >= 0.6 is 0 Å². The van der Waals surface area contributed by atoms with E-state index in [0.29, 0.717) is 0 Å². The van der Waals surface area contributed by atoms with Crippen LogP contribution in [0, 0.1) is 0 Å². The summed E-state index contributed by atoms with van der Waals surface area (Å²) >= 11 is 0. The molecule has 1 N–H and O–H groups in total. The van der Waals surface area contributed by atoms with E-state index in [1.54, 1.807) is 18.5 Å². The molecule has 1 aromatic carbocycles. The van der Waals surface area contributed by atoms with E-state index in [0.717, 1.165) is 22.5 Å². The molecule has 0 spiro atoms. The van der Waals surface area contributed by atoms with Crippen molar-refractivity contribution in [3.8, 4) is 0 Å². The van der Waals surface area contributed by atoms with Gasteiger partial charge in [0.15, 0.2) is 0 Å². The van der Waals surface area contributed by atoms with Crippen molar-refractivity contribution < 1.29 is 9.90 Å². The Bertz CT molecular complexity index is 651. The summed E-state index contributed by atoms with van der Waals surface area (Å²) < 4.78 is 1.90. The number of carboxylic acid groups (broad SMARTS) is 1. The normalized spacial score (nSPS) is 11.6. The fourth-order valence-corrected chi connectivity index (χ4v) is 1.77. The lowest BCUT2D eigenvalue weighted by molar-refractivity contribution is -0.131. The molecule has 2 rings (SSSR count). The Morgan fingerprint density at radius 3 is 2.94 bits per heavy atom. The van der Waals surface area contributed by atoms with E-state index in [-0.39, 0.29) is 0 Å². The zero-order valence-corrected chi connectivity index (χ0v) is 9.65. The summed E-state index contributed by atoms with van der Waals surface area (Å²) in [4.78, 5) is 14.2. The minimum absolute atomic E-state index is 0.869. The molecule has 1 heterocycles. The molecule has 0 fully saturated rings. The average Bonchev–Trinajstić information content (AvgIpc) is 2.77. The van der Waals surface area contributed by atoms with Crippen LogP contribution in [0.5, 0.6) is 0 Å². The molecule has 1 aromatic heterocycles.